The zero-order valence-corrected chi connectivity index (χ0v) is 9.44. The number of halogens is 2. The Bertz CT molecular complexity index is 523. The highest BCUT2D eigenvalue weighted by atomic mass is 19.3. The summed E-state index contributed by atoms with van der Waals surface area (Å²) >= 11 is 0. The van der Waals surface area contributed by atoms with Gasteiger partial charge in [-0.05, 0) is 30.2 Å². The molecule has 0 amide bonds. The Morgan fingerprint density at radius 2 is 2.06 bits per heavy atom. The van der Waals surface area contributed by atoms with E-state index < -0.39 is 12.3 Å². The van der Waals surface area contributed by atoms with E-state index in [-0.39, 0.29) is 17.1 Å². The molecule has 0 saturated carbocycles. The van der Waals surface area contributed by atoms with Gasteiger partial charge >= 0.3 is 12.3 Å². The topological polar surface area (TPSA) is 55.8 Å². The minimum atomic E-state index is -3.66. The van der Waals surface area contributed by atoms with Gasteiger partial charge in [-0.3, -0.25) is 0 Å². The fraction of sp³-hybridized carbons (Fsp3) is 0.250. The maximum atomic E-state index is 12.8. The molecule has 4 nitrogen and oxygen atoms in total. The second-order valence-electron chi connectivity index (χ2n) is 3.70. The summed E-state index contributed by atoms with van der Waals surface area (Å²) in [6, 6.07) is 4.12. The summed E-state index contributed by atoms with van der Waals surface area (Å²) in [5, 5.41) is 8.87. The smallest absolute Gasteiger partial charge is 0.478 e. The first kappa shape index (κ1) is 12.3. The monoisotopic (exact) mass is 256 g/mol. The number of hydrogen-bond acceptors (Lipinski definition) is 3. The Labute approximate surface area is 101 Å². The molecule has 1 aliphatic rings. The number of hydrogen-bond donors (Lipinski definition) is 1. The molecule has 0 bridgehead atoms. The van der Waals surface area contributed by atoms with Gasteiger partial charge in [-0.25, -0.2) is 4.79 Å². The highest BCUT2D eigenvalue weighted by Gasteiger charge is 2.43. The van der Waals surface area contributed by atoms with Gasteiger partial charge in [0.25, 0.3) is 0 Å². The van der Waals surface area contributed by atoms with Gasteiger partial charge in [0.15, 0.2) is 11.5 Å². The fourth-order valence-corrected chi connectivity index (χ4v) is 1.57. The summed E-state index contributed by atoms with van der Waals surface area (Å²) in [6.07, 6.45) is -1.92. The quantitative estimate of drug-likeness (QED) is 0.845. The number of fused-ring (bicyclic) bond motifs is 1. The molecule has 1 aromatic carbocycles. The van der Waals surface area contributed by atoms with Crippen molar-refractivity contribution in [2.75, 3.05) is 0 Å². The second kappa shape index (κ2) is 4.29. The van der Waals surface area contributed by atoms with Gasteiger partial charge in [-0.15, -0.1) is 8.78 Å². The summed E-state index contributed by atoms with van der Waals surface area (Å²) in [4.78, 5) is 10.8. The average Bonchev–Trinajstić information content (AvgIpc) is 2.58. The van der Waals surface area contributed by atoms with E-state index >= 15 is 0 Å². The number of aliphatic carboxylic acids is 1. The standard InChI is InChI=1S/C12H10F2O4/c1-2-8(11(15)16)5-7-3-4-9-10(6-7)18-12(13,14)17-9/h3-6H,2H2,1H3,(H,15,16). The van der Waals surface area contributed by atoms with Crippen LogP contribution in [0.1, 0.15) is 18.9 Å². The maximum Gasteiger partial charge on any atom is 0.586 e. The van der Waals surface area contributed by atoms with E-state index in [1.807, 2.05) is 0 Å². The number of carboxylic acid groups (broad SMARTS) is 1. The van der Waals surface area contributed by atoms with Gasteiger partial charge in [0, 0.05) is 5.57 Å². The van der Waals surface area contributed by atoms with Crippen LogP contribution in [-0.4, -0.2) is 17.4 Å². The summed E-state index contributed by atoms with van der Waals surface area (Å²) in [5.74, 6) is -1.21. The number of rotatable bonds is 3. The van der Waals surface area contributed by atoms with E-state index in [0.29, 0.717) is 12.0 Å². The SMILES string of the molecule is CCC(=Cc1ccc2c(c1)OC(F)(F)O2)C(=O)O. The fourth-order valence-electron chi connectivity index (χ4n) is 1.57. The van der Waals surface area contributed by atoms with Crippen LogP contribution in [0.4, 0.5) is 8.78 Å². The molecule has 0 fully saturated rings. The van der Waals surface area contributed by atoms with E-state index in [1.165, 1.54) is 24.3 Å². The number of alkyl halides is 2. The lowest BCUT2D eigenvalue weighted by Gasteiger charge is -2.04. The van der Waals surface area contributed by atoms with Crippen molar-refractivity contribution in [3.05, 3.63) is 29.3 Å². The van der Waals surface area contributed by atoms with Crippen LogP contribution in [0.15, 0.2) is 23.8 Å². The second-order valence-corrected chi connectivity index (χ2v) is 3.70. The molecule has 0 saturated heterocycles. The molecule has 0 radical (unpaired) electrons. The van der Waals surface area contributed by atoms with Crippen molar-refractivity contribution in [2.24, 2.45) is 0 Å². The van der Waals surface area contributed by atoms with E-state index in [1.54, 1.807) is 6.92 Å². The molecule has 96 valence electrons. The molecule has 1 N–H and O–H groups in total. The van der Waals surface area contributed by atoms with Crippen molar-refractivity contribution in [2.45, 2.75) is 19.6 Å². The van der Waals surface area contributed by atoms with Crippen molar-refractivity contribution in [1.29, 1.82) is 0 Å². The lowest BCUT2D eigenvalue weighted by atomic mass is 10.1. The van der Waals surface area contributed by atoms with Crippen LogP contribution in [0.2, 0.25) is 0 Å². The average molecular weight is 256 g/mol. The van der Waals surface area contributed by atoms with Gasteiger partial charge < -0.3 is 14.6 Å². The molecule has 1 heterocycles. The molecule has 0 atom stereocenters. The summed E-state index contributed by atoms with van der Waals surface area (Å²) in [6.45, 7) is 1.70. The molecule has 1 aliphatic heterocycles. The number of carboxylic acids is 1. The Balaban J connectivity index is 2.32. The van der Waals surface area contributed by atoms with Crippen LogP contribution in [0.5, 0.6) is 11.5 Å². The van der Waals surface area contributed by atoms with Gasteiger partial charge in [-0.2, -0.15) is 0 Å². The van der Waals surface area contributed by atoms with Crippen molar-refractivity contribution < 1.29 is 28.2 Å². The van der Waals surface area contributed by atoms with Gasteiger partial charge in [0.05, 0.1) is 0 Å². The molecule has 0 aliphatic carbocycles. The molecule has 18 heavy (non-hydrogen) atoms. The molecule has 0 spiro atoms. The zero-order valence-electron chi connectivity index (χ0n) is 9.44. The van der Waals surface area contributed by atoms with Gasteiger partial charge in [0.1, 0.15) is 0 Å². The first-order valence-electron chi connectivity index (χ1n) is 5.25. The van der Waals surface area contributed by atoms with Crippen molar-refractivity contribution in [3.8, 4) is 11.5 Å². The first-order chi connectivity index (χ1) is 8.41. The normalized spacial score (nSPS) is 16.7. The van der Waals surface area contributed by atoms with Crippen LogP contribution < -0.4 is 9.47 Å². The predicted molar refractivity (Wildman–Crippen MR) is 58.5 cm³/mol. The lowest BCUT2D eigenvalue weighted by molar-refractivity contribution is -0.286. The van der Waals surface area contributed by atoms with E-state index in [4.69, 9.17) is 5.11 Å². The molecule has 0 unspecified atom stereocenters. The highest BCUT2D eigenvalue weighted by molar-refractivity contribution is 5.92. The molecule has 1 aromatic rings. The number of benzene rings is 1. The third-order valence-electron chi connectivity index (χ3n) is 2.42. The third-order valence-corrected chi connectivity index (χ3v) is 2.42. The summed E-state index contributed by atoms with van der Waals surface area (Å²) in [5.41, 5.74) is 0.648. The van der Waals surface area contributed by atoms with E-state index in [9.17, 15) is 13.6 Å². The predicted octanol–water partition coefficient (Wildman–Crippen LogP) is 2.89. The third kappa shape index (κ3) is 2.42. The summed E-state index contributed by atoms with van der Waals surface area (Å²) < 4.78 is 34.1. The zero-order chi connectivity index (χ0) is 13.3. The molecular formula is C12H10F2O4. The van der Waals surface area contributed by atoms with Gasteiger partial charge in [0.2, 0.25) is 0 Å². The van der Waals surface area contributed by atoms with Crippen LogP contribution in [0.3, 0.4) is 0 Å². The molecule has 0 aromatic heterocycles. The van der Waals surface area contributed by atoms with Crippen LogP contribution >= 0.6 is 0 Å². The van der Waals surface area contributed by atoms with Crippen LogP contribution in [-0.2, 0) is 4.79 Å². The molecule has 6 heteroatoms. The summed E-state index contributed by atoms with van der Waals surface area (Å²) in [7, 11) is 0. The maximum absolute atomic E-state index is 12.8. The van der Waals surface area contributed by atoms with E-state index in [0.717, 1.165) is 0 Å². The van der Waals surface area contributed by atoms with Crippen molar-refractivity contribution in [3.63, 3.8) is 0 Å². The lowest BCUT2D eigenvalue weighted by Crippen LogP contribution is -2.25. The Hall–Kier alpha value is -2.11. The Morgan fingerprint density at radius 1 is 1.39 bits per heavy atom. The highest BCUT2D eigenvalue weighted by Crippen LogP contribution is 2.41. The largest absolute Gasteiger partial charge is 0.586 e. The number of carbonyl (C=O) groups is 1. The minimum Gasteiger partial charge on any atom is -0.478 e. The molecular weight excluding hydrogens is 246 g/mol. The minimum absolute atomic E-state index is 0.0643. The van der Waals surface area contributed by atoms with E-state index in [2.05, 4.69) is 9.47 Å². The first-order valence-corrected chi connectivity index (χ1v) is 5.25. The Kier molecular flexibility index (Phi) is 2.94. The molecule has 2 rings (SSSR count). The Morgan fingerprint density at radius 3 is 2.67 bits per heavy atom. The van der Waals surface area contributed by atoms with Gasteiger partial charge in [-0.1, -0.05) is 13.0 Å². The van der Waals surface area contributed by atoms with Crippen molar-refractivity contribution >= 4 is 12.0 Å². The number of ether oxygens (including phenoxy) is 2. The van der Waals surface area contributed by atoms with Crippen LogP contribution in [0.25, 0.3) is 6.08 Å². The van der Waals surface area contributed by atoms with Crippen LogP contribution in [0, 0.1) is 0 Å². The van der Waals surface area contributed by atoms with Crippen molar-refractivity contribution in [1.82, 2.24) is 0 Å².